The quantitative estimate of drug-likeness (QED) is 0.778. The van der Waals surface area contributed by atoms with Crippen molar-refractivity contribution in [3.8, 4) is 0 Å². The summed E-state index contributed by atoms with van der Waals surface area (Å²) in [6.07, 6.45) is 2.08. The first-order valence-electron chi connectivity index (χ1n) is 3.67. The molecule has 0 aliphatic carbocycles. The summed E-state index contributed by atoms with van der Waals surface area (Å²) in [6.45, 7) is 2.02. The summed E-state index contributed by atoms with van der Waals surface area (Å²) in [5.74, 6) is 0. The first-order valence-corrected chi connectivity index (χ1v) is 4.92. The second-order valence-corrected chi connectivity index (χ2v) is 4.32. The van der Waals surface area contributed by atoms with Crippen molar-refractivity contribution in [2.45, 2.75) is 25.8 Å². The molecule has 2 N–H and O–H groups in total. The van der Waals surface area contributed by atoms with Gasteiger partial charge < -0.3 is 5.73 Å². The van der Waals surface area contributed by atoms with Crippen molar-refractivity contribution >= 4 is 22.9 Å². The van der Waals surface area contributed by atoms with Crippen LogP contribution in [0, 0.1) is 0 Å². The molecule has 0 radical (unpaired) electrons. The minimum absolute atomic E-state index is 0.286. The van der Waals surface area contributed by atoms with Gasteiger partial charge in [-0.25, -0.2) is 0 Å². The lowest BCUT2D eigenvalue weighted by atomic mass is 10.1. The van der Waals surface area contributed by atoms with Crippen molar-refractivity contribution in [1.82, 2.24) is 0 Å². The molecule has 1 aromatic heterocycles. The fraction of sp³-hybridized carbons (Fsp3) is 0.500. The molecule has 0 aliphatic rings. The molecular weight excluding hydrogens is 178 g/mol. The summed E-state index contributed by atoms with van der Waals surface area (Å²) in [5.41, 5.74) is 6.92. The molecule has 3 heteroatoms. The summed E-state index contributed by atoms with van der Waals surface area (Å²) in [4.78, 5) is 0. The Morgan fingerprint density at radius 3 is 2.91 bits per heavy atom. The van der Waals surface area contributed by atoms with Crippen molar-refractivity contribution in [1.29, 1.82) is 0 Å². The Morgan fingerprint density at radius 2 is 2.45 bits per heavy atom. The van der Waals surface area contributed by atoms with Crippen LogP contribution in [0.4, 0.5) is 0 Å². The molecule has 0 fully saturated rings. The zero-order valence-corrected chi connectivity index (χ0v) is 8.08. The molecule has 0 saturated carbocycles. The summed E-state index contributed by atoms with van der Waals surface area (Å²) >= 11 is 7.34. The van der Waals surface area contributed by atoms with Gasteiger partial charge in [-0.1, -0.05) is 11.6 Å². The van der Waals surface area contributed by atoms with Crippen LogP contribution in [0.5, 0.6) is 0 Å². The molecule has 0 bridgehead atoms. The predicted molar refractivity (Wildman–Crippen MR) is 51.3 cm³/mol. The van der Waals surface area contributed by atoms with E-state index in [1.807, 2.05) is 13.0 Å². The largest absolute Gasteiger partial charge is 0.328 e. The van der Waals surface area contributed by atoms with Crippen LogP contribution in [-0.2, 0) is 6.42 Å². The highest BCUT2D eigenvalue weighted by Crippen LogP contribution is 2.20. The monoisotopic (exact) mass is 189 g/mol. The molecule has 0 spiro atoms. The van der Waals surface area contributed by atoms with Gasteiger partial charge in [-0.15, -0.1) is 11.3 Å². The first-order chi connectivity index (χ1) is 5.18. The highest BCUT2D eigenvalue weighted by molar-refractivity contribution is 7.14. The van der Waals surface area contributed by atoms with E-state index in [9.17, 15) is 0 Å². The number of hydrogen-bond donors (Lipinski definition) is 1. The normalized spacial score (nSPS) is 13.4. The molecule has 62 valence electrons. The molecule has 1 aromatic rings. The summed E-state index contributed by atoms with van der Waals surface area (Å²) in [5, 5.41) is 2.09. The van der Waals surface area contributed by atoms with E-state index in [-0.39, 0.29) is 6.04 Å². The lowest BCUT2D eigenvalue weighted by Gasteiger charge is -2.01. The zero-order valence-electron chi connectivity index (χ0n) is 6.51. The number of aryl methyl sites for hydroxylation is 1. The van der Waals surface area contributed by atoms with E-state index in [1.54, 1.807) is 11.3 Å². The summed E-state index contributed by atoms with van der Waals surface area (Å²) < 4.78 is 0.865. The number of halogens is 1. The molecule has 0 amide bonds. The van der Waals surface area contributed by atoms with Gasteiger partial charge in [0.1, 0.15) is 0 Å². The third kappa shape index (κ3) is 3.23. The van der Waals surface area contributed by atoms with Crippen molar-refractivity contribution < 1.29 is 0 Å². The topological polar surface area (TPSA) is 26.0 Å². The molecule has 1 nitrogen and oxygen atoms in total. The number of nitrogens with two attached hydrogens (primary N) is 1. The van der Waals surface area contributed by atoms with Gasteiger partial charge in [0.25, 0.3) is 0 Å². The maximum Gasteiger partial charge on any atom is 0.0931 e. The Kier molecular flexibility index (Phi) is 3.37. The van der Waals surface area contributed by atoms with Crippen LogP contribution >= 0.6 is 22.9 Å². The SMILES string of the molecule is CC(N)CCc1csc(Cl)c1. The lowest BCUT2D eigenvalue weighted by Crippen LogP contribution is -2.15. The van der Waals surface area contributed by atoms with Gasteiger partial charge in [0.2, 0.25) is 0 Å². The van der Waals surface area contributed by atoms with Crippen LogP contribution in [0.15, 0.2) is 11.4 Å². The van der Waals surface area contributed by atoms with Gasteiger partial charge >= 0.3 is 0 Å². The summed E-state index contributed by atoms with van der Waals surface area (Å²) in [7, 11) is 0. The number of hydrogen-bond acceptors (Lipinski definition) is 2. The third-order valence-corrected chi connectivity index (χ3v) is 2.65. The Morgan fingerprint density at radius 1 is 1.73 bits per heavy atom. The second kappa shape index (κ2) is 4.10. The fourth-order valence-electron chi connectivity index (χ4n) is 0.871. The van der Waals surface area contributed by atoms with Crippen molar-refractivity contribution in [2.75, 3.05) is 0 Å². The van der Waals surface area contributed by atoms with Gasteiger partial charge in [0.15, 0.2) is 0 Å². The molecule has 0 saturated heterocycles. The minimum Gasteiger partial charge on any atom is -0.328 e. The molecule has 1 rings (SSSR count). The zero-order chi connectivity index (χ0) is 8.27. The average molecular weight is 190 g/mol. The highest BCUT2D eigenvalue weighted by atomic mass is 35.5. The second-order valence-electron chi connectivity index (χ2n) is 2.78. The predicted octanol–water partition coefficient (Wildman–Crippen LogP) is 2.68. The van der Waals surface area contributed by atoms with E-state index in [4.69, 9.17) is 17.3 Å². The molecule has 0 aromatic carbocycles. The molecule has 11 heavy (non-hydrogen) atoms. The van der Waals surface area contributed by atoms with Crippen LogP contribution in [0.3, 0.4) is 0 Å². The Bertz CT molecular complexity index is 220. The maximum atomic E-state index is 5.76. The molecular formula is C8H12ClNS. The van der Waals surface area contributed by atoms with Gasteiger partial charge in [0.05, 0.1) is 4.34 Å². The van der Waals surface area contributed by atoms with Gasteiger partial charge in [-0.3, -0.25) is 0 Å². The Labute approximate surface area is 76.2 Å². The Balaban J connectivity index is 2.39. The van der Waals surface area contributed by atoms with Crippen LogP contribution in [0.1, 0.15) is 18.9 Å². The van der Waals surface area contributed by atoms with E-state index in [0.717, 1.165) is 17.2 Å². The standard InChI is InChI=1S/C8H12ClNS/c1-6(10)2-3-7-4-8(9)11-5-7/h4-6H,2-3,10H2,1H3. The summed E-state index contributed by atoms with van der Waals surface area (Å²) in [6, 6.07) is 2.29. The van der Waals surface area contributed by atoms with Crippen LogP contribution in [0.25, 0.3) is 0 Å². The lowest BCUT2D eigenvalue weighted by molar-refractivity contribution is 0.667. The van der Waals surface area contributed by atoms with Crippen molar-refractivity contribution in [3.05, 3.63) is 21.3 Å². The van der Waals surface area contributed by atoms with Gasteiger partial charge in [0, 0.05) is 6.04 Å². The van der Waals surface area contributed by atoms with E-state index in [0.29, 0.717) is 0 Å². The van der Waals surface area contributed by atoms with E-state index in [2.05, 4.69) is 5.38 Å². The molecule has 0 aliphatic heterocycles. The molecule has 1 unspecified atom stereocenters. The maximum absolute atomic E-state index is 5.76. The molecule has 1 heterocycles. The van der Waals surface area contributed by atoms with E-state index >= 15 is 0 Å². The third-order valence-electron chi connectivity index (χ3n) is 1.51. The highest BCUT2D eigenvalue weighted by Gasteiger charge is 1.99. The van der Waals surface area contributed by atoms with Crippen molar-refractivity contribution in [3.63, 3.8) is 0 Å². The smallest absolute Gasteiger partial charge is 0.0931 e. The number of thiophene rings is 1. The van der Waals surface area contributed by atoms with Crippen LogP contribution in [-0.4, -0.2) is 6.04 Å². The van der Waals surface area contributed by atoms with Crippen LogP contribution in [0.2, 0.25) is 4.34 Å². The van der Waals surface area contributed by atoms with Crippen LogP contribution < -0.4 is 5.73 Å². The van der Waals surface area contributed by atoms with E-state index < -0.39 is 0 Å². The Hall–Kier alpha value is -0.0500. The van der Waals surface area contributed by atoms with Gasteiger partial charge in [-0.05, 0) is 36.8 Å². The fourth-order valence-corrected chi connectivity index (χ4v) is 1.81. The average Bonchev–Trinajstić information content (AvgIpc) is 2.31. The minimum atomic E-state index is 0.286. The molecule has 1 atom stereocenters. The number of rotatable bonds is 3. The van der Waals surface area contributed by atoms with E-state index in [1.165, 1.54) is 5.56 Å². The van der Waals surface area contributed by atoms with Crippen molar-refractivity contribution in [2.24, 2.45) is 5.73 Å². The van der Waals surface area contributed by atoms with Gasteiger partial charge in [-0.2, -0.15) is 0 Å². The first kappa shape index (κ1) is 9.04.